The molecule has 0 saturated heterocycles. The van der Waals surface area contributed by atoms with Gasteiger partial charge in [0.15, 0.2) is 11.0 Å². The first-order valence-corrected chi connectivity index (χ1v) is 11.6. The molecule has 8 heteroatoms. The molecule has 1 atom stereocenters. The van der Waals surface area contributed by atoms with Crippen LogP contribution in [0.1, 0.15) is 54.8 Å². The second-order valence-corrected chi connectivity index (χ2v) is 9.96. The van der Waals surface area contributed by atoms with Crippen LogP contribution in [0.15, 0.2) is 38.1 Å². The SMILES string of the molecule is Cc1ccc(-c2csc3nc(SC(C)c4nc(C(C)C)no4)n(C)c(=O)c23)cc1C. The van der Waals surface area contributed by atoms with Gasteiger partial charge in [0.05, 0.1) is 10.6 Å². The smallest absolute Gasteiger partial charge is 0.263 e. The van der Waals surface area contributed by atoms with Crippen LogP contribution in [-0.2, 0) is 7.05 Å². The molecule has 0 bridgehead atoms. The Morgan fingerprint density at radius 2 is 1.90 bits per heavy atom. The summed E-state index contributed by atoms with van der Waals surface area (Å²) < 4.78 is 7.02. The third-order valence-electron chi connectivity index (χ3n) is 5.20. The van der Waals surface area contributed by atoms with Crippen molar-refractivity contribution >= 4 is 33.3 Å². The molecule has 1 unspecified atom stereocenters. The van der Waals surface area contributed by atoms with E-state index in [2.05, 4.69) is 42.2 Å². The van der Waals surface area contributed by atoms with Crippen molar-refractivity contribution in [2.24, 2.45) is 7.05 Å². The molecule has 0 amide bonds. The Morgan fingerprint density at radius 3 is 2.57 bits per heavy atom. The Kier molecular flexibility index (Phi) is 5.55. The number of aryl methyl sites for hydroxylation is 2. The average molecular weight is 441 g/mol. The van der Waals surface area contributed by atoms with Crippen LogP contribution in [0.5, 0.6) is 0 Å². The summed E-state index contributed by atoms with van der Waals surface area (Å²) in [4.78, 5) is 23.2. The van der Waals surface area contributed by atoms with Gasteiger partial charge in [0.2, 0.25) is 5.89 Å². The topological polar surface area (TPSA) is 73.8 Å². The zero-order chi connectivity index (χ0) is 21.6. The van der Waals surface area contributed by atoms with Crippen LogP contribution >= 0.6 is 23.1 Å². The first-order valence-electron chi connectivity index (χ1n) is 9.82. The highest BCUT2D eigenvalue weighted by Gasteiger charge is 2.21. The van der Waals surface area contributed by atoms with Crippen LogP contribution in [0.3, 0.4) is 0 Å². The predicted molar refractivity (Wildman–Crippen MR) is 122 cm³/mol. The highest BCUT2D eigenvalue weighted by Crippen LogP contribution is 2.36. The number of nitrogens with zero attached hydrogens (tertiary/aromatic N) is 4. The molecule has 0 radical (unpaired) electrons. The van der Waals surface area contributed by atoms with E-state index in [1.807, 2.05) is 26.2 Å². The van der Waals surface area contributed by atoms with Gasteiger partial charge in [0.25, 0.3) is 5.56 Å². The van der Waals surface area contributed by atoms with Gasteiger partial charge in [-0.15, -0.1) is 11.3 Å². The van der Waals surface area contributed by atoms with Crippen LogP contribution < -0.4 is 5.56 Å². The van der Waals surface area contributed by atoms with Gasteiger partial charge in [-0.1, -0.05) is 49.0 Å². The third-order valence-corrected chi connectivity index (χ3v) is 7.20. The summed E-state index contributed by atoms with van der Waals surface area (Å²) in [7, 11) is 1.76. The van der Waals surface area contributed by atoms with Crippen molar-refractivity contribution in [2.75, 3.05) is 0 Å². The standard InChI is InChI=1S/C22H24N4O2S2/c1-11(2)18-23-19(28-25-18)14(5)30-22-24-20-17(21(27)26(22)6)16(10-29-20)15-8-7-12(3)13(4)9-15/h7-11,14H,1-6H3. The third kappa shape index (κ3) is 3.70. The molecule has 4 rings (SSSR count). The van der Waals surface area contributed by atoms with Gasteiger partial charge in [0, 0.05) is 23.9 Å². The molecular weight excluding hydrogens is 416 g/mol. The quantitative estimate of drug-likeness (QED) is 0.295. The lowest BCUT2D eigenvalue weighted by Crippen LogP contribution is -2.20. The molecule has 6 nitrogen and oxygen atoms in total. The van der Waals surface area contributed by atoms with Crippen LogP contribution in [-0.4, -0.2) is 19.7 Å². The normalized spacial score (nSPS) is 12.8. The Hall–Kier alpha value is -2.45. The molecular formula is C22H24N4O2S2. The zero-order valence-corrected chi connectivity index (χ0v) is 19.5. The lowest BCUT2D eigenvalue weighted by molar-refractivity contribution is 0.373. The van der Waals surface area contributed by atoms with Gasteiger partial charge in [-0.05, 0) is 37.5 Å². The zero-order valence-electron chi connectivity index (χ0n) is 17.9. The minimum absolute atomic E-state index is 0.0439. The van der Waals surface area contributed by atoms with E-state index in [4.69, 9.17) is 9.51 Å². The van der Waals surface area contributed by atoms with E-state index in [9.17, 15) is 4.79 Å². The molecule has 0 aliphatic rings. The summed E-state index contributed by atoms with van der Waals surface area (Å²) >= 11 is 2.95. The molecule has 0 saturated carbocycles. The van der Waals surface area contributed by atoms with Crippen molar-refractivity contribution < 1.29 is 4.52 Å². The van der Waals surface area contributed by atoms with Crippen LogP contribution in [0, 0.1) is 13.8 Å². The van der Waals surface area contributed by atoms with Crippen molar-refractivity contribution in [3.05, 3.63) is 56.8 Å². The van der Waals surface area contributed by atoms with E-state index < -0.39 is 0 Å². The summed E-state index contributed by atoms with van der Waals surface area (Å²) in [5.74, 6) is 1.43. The lowest BCUT2D eigenvalue weighted by atomic mass is 10.0. The van der Waals surface area contributed by atoms with E-state index >= 15 is 0 Å². The minimum atomic E-state index is -0.111. The molecule has 1 aromatic carbocycles. The maximum absolute atomic E-state index is 13.2. The molecule has 0 spiro atoms. The molecule has 3 aromatic heterocycles. The van der Waals surface area contributed by atoms with Gasteiger partial charge >= 0.3 is 0 Å². The molecule has 4 aromatic rings. The van der Waals surface area contributed by atoms with Crippen molar-refractivity contribution in [3.8, 4) is 11.1 Å². The van der Waals surface area contributed by atoms with Gasteiger partial charge in [-0.25, -0.2) is 4.98 Å². The molecule has 0 N–H and O–H groups in total. The van der Waals surface area contributed by atoms with Gasteiger partial charge in [-0.2, -0.15) is 4.98 Å². The van der Waals surface area contributed by atoms with Crippen LogP contribution in [0.2, 0.25) is 0 Å². The fraction of sp³-hybridized carbons (Fsp3) is 0.364. The molecule has 0 aliphatic heterocycles. The minimum Gasteiger partial charge on any atom is -0.338 e. The molecule has 3 heterocycles. The van der Waals surface area contributed by atoms with Gasteiger partial charge in [-0.3, -0.25) is 9.36 Å². The first kappa shape index (κ1) is 20.8. The highest BCUT2D eigenvalue weighted by molar-refractivity contribution is 7.99. The van der Waals surface area contributed by atoms with Crippen molar-refractivity contribution in [2.45, 2.75) is 50.9 Å². The van der Waals surface area contributed by atoms with E-state index in [1.165, 1.54) is 34.2 Å². The Labute approximate surface area is 183 Å². The number of aromatic nitrogens is 4. The largest absolute Gasteiger partial charge is 0.338 e. The van der Waals surface area contributed by atoms with E-state index in [0.717, 1.165) is 16.0 Å². The highest BCUT2D eigenvalue weighted by atomic mass is 32.2. The monoisotopic (exact) mass is 440 g/mol. The second kappa shape index (κ2) is 8.00. The summed E-state index contributed by atoms with van der Waals surface area (Å²) in [6.45, 7) is 10.2. The predicted octanol–water partition coefficient (Wildman–Crippen LogP) is 5.64. The van der Waals surface area contributed by atoms with E-state index in [0.29, 0.717) is 22.3 Å². The number of rotatable bonds is 5. The first-order chi connectivity index (χ1) is 14.3. The molecule has 0 fully saturated rings. The summed E-state index contributed by atoms with van der Waals surface area (Å²) in [6.07, 6.45) is 0. The molecule has 156 valence electrons. The fourth-order valence-corrected chi connectivity index (χ4v) is 5.03. The van der Waals surface area contributed by atoms with Gasteiger partial charge < -0.3 is 4.52 Å². The Bertz CT molecular complexity index is 1290. The number of hydrogen-bond acceptors (Lipinski definition) is 7. The average Bonchev–Trinajstić information content (AvgIpc) is 3.35. The number of fused-ring (bicyclic) bond motifs is 1. The number of hydrogen-bond donors (Lipinski definition) is 0. The summed E-state index contributed by atoms with van der Waals surface area (Å²) in [6, 6.07) is 6.28. The number of thioether (sulfide) groups is 1. The van der Waals surface area contributed by atoms with Gasteiger partial charge in [0.1, 0.15) is 4.83 Å². The number of thiophene rings is 1. The second-order valence-electron chi connectivity index (χ2n) is 7.79. The van der Waals surface area contributed by atoms with Crippen molar-refractivity contribution in [1.82, 2.24) is 19.7 Å². The maximum Gasteiger partial charge on any atom is 0.263 e. The summed E-state index contributed by atoms with van der Waals surface area (Å²) in [5.41, 5.74) is 4.38. The molecule has 0 aliphatic carbocycles. The number of benzene rings is 1. The Balaban J connectivity index is 1.72. The molecule has 30 heavy (non-hydrogen) atoms. The fourth-order valence-electron chi connectivity index (χ4n) is 3.14. The van der Waals surface area contributed by atoms with E-state index in [-0.39, 0.29) is 16.7 Å². The van der Waals surface area contributed by atoms with Crippen LogP contribution in [0.4, 0.5) is 0 Å². The van der Waals surface area contributed by atoms with Crippen LogP contribution in [0.25, 0.3) is 21.3 Å². The Morgan fingerprint density at radius 1 is 1.13 bits per heavy atom. The summed E-state index contributed by atoms with van der Waals surface area (Å²) in [5, 5.41) is 7.25. The van der Waals surface area contributed by atoms with Crippen molar-refractivity contribution in [1.29, 1.82) is 0 Å². The van der Waals surface area contributed by atoms with Crippen molar-refractivity contribution in [3.63, 3.8) is 0 Å². The lowest BCUT2D eigenvalue weighted by Gasteiger charge is -2.10. The maximum atomic E-state index is 13.2. The van der Waals surface area contributed by atoms with E-state index in [1.54, 1.807) is 11.6 Å².